The van der Waals surface area contributed by atoms with Crippen LogP contribution in [0.25, 0.3) is 0 Å². The molecule has 0 atom stereocenters. The van der Waals surface area contributed by atoms with Crippen molar-refractivity contribution in [1.29, 1.82) is 0 Å². The first-order valence-corrected chi connectivity index (χ1v) is 5.60. The molecule has 0 aliphatic rings. The van der Waals surface area contributed by atoms with Crippen molar-refractivity contribution in [2.75, 3.05) is 20.6 Å². The smallest absolute Gasteiger partial charge is 0.224 e. The molecule has 0 saturated carbocycles. The summed E-state index contributed by atoms with van der Waals surface area (Å²) in [7, 11) is 3.41. The summed E-state index contributed by atoms with van der Waals surface area (Å²) in [5.41, 5.74) is 0.976. The lowest BCUT2D eigenvalue weighted by Gasteiger charge is -2.10. The summed E-state index contributed by atoms with van der Waals surface area (Å²) in [6, 6.07) is 9.53. The number of nitrogens with zero attached hydrogens (tertiary/aromatic N) is 1. The molecule has 4 heteroatoms. The number of nitrogens with one attached hydrogen (secondary N) is 1. The van der Waals surface area contributed by atoms with Crippen LogP contribution in [0.4, 0.5) is 0 Å². The Morgan fingerprint density at radius 3 is 2.41 bits per heavy atom. The Morgan fingerprint density at radius 2 is 1.82 bits per heavy atom. The first kappa shape index (κ1) is 13.2. The van der Waals surface area contributed by atoms with Crippen molar-refractivity contribution in [2.24, 2.45) is 0 Å². The lowest BCUT2D eigenvalue weighted by atomic mass is 10.1. The fourth-order valence-corrected chi connectivity index (χ4v) is 1.38. The molecule has 1 rings (SSSR count). The predicted molar refractivity (Wildman–Crippen MR) is 66.5 cm³/mol. The highest BCUT2D eigenvalue weighted by Crippen LogP contribution is 1.99. The monoisotopic (exact) mass is 234 g/mol. The molecule has 0 bridgehead atoms. The van der Waals surface area contributed by atoms with Gasteiger partial charge in [-0.25, -0.2) is 0 Å². The minimum Gasteiger partial charge on any atom is -0.355 e. The van der Waals surface area contributed by atoms with E-state index in [0.717, 1.165) is 5.56 Å². The maximum Gasteiger partial charge on any atom is 0.224 e. The molecular weight excluding hydrogens is 216 g/mol. The van der Waals surface area contributed by atoms with Gasteiger partial charge in [-0.05, 0) is 5.56 Å². The molecule has 0 aromatic heterocycles. The zero-order chi connectivity index (χ0) is 12.7. The number of benzene rings is 1. The van der Waals surface area contributed by atoms with E-state index in [0.29, 0.717) is 19.4 Å². The van der Waals surface area contributed by atoms with E-state index >= 15 is 0 Å². The van der Waals surface area contributed by atoms with Crippen LogP contribution < -0.4 is 5.32 Å². The highest BCUT2D eigenvalue weighted by molar-refractivity contribution is 5.80. The van der Waals surface area contributed by atoms with E-state index in [1.807, 2.05) is 30.3 Å². The number of rotatable bonds is 5. The summed E-state index contributed by atoms with van der Waals surface area (Å²) in [4.78, 5) is 24.3. The van der Waals surface area contributed by atoms with Crippen LogP contribution in [0.3, 0.4) is 0 Å². The van der Waals surface area contributed by atoms with Gasteiger partial charge in [-0.3, -0.25) is 9.59 Å². The summed E-state index contributed by atoms with van der Waals surface area (Å²) in [5, 5.41) is 2.73. The van der Waals surface area contributed by atoms with Crippen LogP contribution in [-0.2, 0) is 16.0 Å². The van der Waals surface area contributed by atoms with Gasteiger partial charge in [0.15, 0.2) is 0 Å². The number of hydrogen-bond acceptors (Lipinski definition) is 2. The minimum absolute atomic E-state index is 0.0185. The van der Waals surface area contributed by atoms with E-state index < -0.39 is 0 Å². The first-order valence-electron chi connectivity index (χ1n) is 5.60. The van der Waals surface area contributed by atoms with Crippen LogP contribution in [0.2, 0.25) is 0 Å². The number of carbonyl (C=O) groups is 2. The fraction of sp³-hybridized carbons (Fsp3) is 0.385. The van der Waals surface area contributed by atoms with Gasteiger partial charge in [-0.15, -0.1) is 0 Å². The fourth-order valence-electron chi connectivity index (χ4n) is 1.38. The summed E-state index contributed by atoms with van der Waals surface area (Å²) >= 11 is 0. The van der Waals surface area contributed by atoms with E-state index in [1.54, 1.807) is 14.1 Å². The lowest BCUT2D eigenvalue weighted by Crippen LogP contribution is -2.31. The van der Waals surface area contributed by atoms with Crippen LogP contribution in [-0.4, -0.2) is 37.4 Å². The summed E-state index contributed by atoms with van der Waals surface area (Å²) in [6.45, 7) is 0.392. The molecule has 17 heavy (non-hydrogen) atoms. The molecule has 1 aromatic rings. The maximum absolute atomic E-state index is 11.5. The van der Waals surface area contributed by atoms with Crippen LogP contribution in [0, 0.1) is 0 Å². The van der Waals surface area contributed by atoms with Gasteiger partial charge in [0.2, 0.25) is 11.8 Å². The van der Waals surface area contributed by atoms with E-state index in [2.05, 4.69) is 5.32 Å². The third kappa shape index (κ3) is 5.15. The summed E-state index contributed by atoms with van der Waals surface area (Å²) in [5.74, 6) is -0.0345. The molecule has 0 spiro atoms. The van der Waals surface area contributed by atoms with E-state index in [1.165, 1.54) is 4.90 Å². The first-order chi connectivity index (χ1) is 8.09. The van der Waals surface area contributed by atoms with Gasteiger partial charge in [0, 0.05) is 27.1 Å². The van der Waals surface area contributed by atoms with Crippen LogP contribution >= 0.6 is 0 Å². The Balaban J connectivity index is 2.25. The van der Waals surface area contributed by atoms with Gasteiger partial charge < -0.3 is 10.2 Å². The predicted octanol–water partition coefficient (Wildman–Crippen LogP) is 0.824. The topological polar surface area (TPSA) is 49.4 Å². The van der Waals surface area contributed by atoms with Crippen molar-refractivity contribution in [3.63, 3.8) is 0 Å². The van der Waals surface area contributed by atoms with Crippen molar-refractivity contribution >= 4 is 11.8 Å². The number of hydrogen-bond donors (Lipinski definition) is 1. The van der Waals surface area contributed by atoms with Crippen molar-refractivity contribution in [3.05, 3.63) is 35.9 Å². The minimum atomic E-state index is -0.0530. The third-order valence-electron chi connectivity index (χ3n) is 2.37. The SMILES string of the molecule is CN(C)C(=O)CCNC(=O)Cc1ccccc1. The molecule has 1 aromatic carbocycles. The van der Waals surface area contributed by atoms with Gasteiger partial charge >= 0.3 is 0 Å². The molecule has 4 nitrogen and oxygen atoms in total. The molecule has 2 amide bonds. The average Bonchev–Trinajstić information content (AvgIpc) is 2.30. The van der Waals surface area contributed by atoms with Gasteiger partial charge in [-0.2, -0.15) is 0 Å². The molecule has 0 radical (unpaired) electrons. The summed E-state index contributed by atoms with van der Waals surface area (Å²) in [6.07, 6.45) is 0.699. The highest BCUT2D eigenvalue weighted by atomic mass is 16.2. The van der Waals surface area contributed by atoms with Crippen molar-refractivity contribution in [2.45, 2.75) is 12.8 Å². The van der Waals surface area contributed by atoms with Gasteiger partial charge in [-0.1, -0.05) is 30.3 Å². The molecule has 0 aliphatic carbocycles. The molecule has 0 unspecified atom stereocenters. The van der Waals surface area contributed by atoms with Gasteiger partial charge in [0.1, 0.15) is 0 Å². The van der Waals surface area contributed by atoms with Gasteiger partial charge in [0.25, 0.3) is 0 Å². The average molecular weight is 234 g/mol. The van der Waals surface area contributed by atoms with Crippen molar-refractivity contribution in [1.82, 2.24) is 10.2 Å². The largest absolute Gasteiger partial charge is 0.355 e. The maximum atomic E-state index is 11.5. The Morgan fingerprint density at radius 1 is 1.18 bits per heavy atom. The second-order valence-electron chi connectivity index (χ2n) is 4.05. The quantitative estimate of drug-likeness (QED) is 0.820. The number of amides is 2. The molecule has 0 heterocycles. The Kier molecular flexibility index (Phi) is 5.20. The van der Waals surface area contributed by atoms with Crippen LogP contribution in [0.15, 0.2) is 30.3 Å². The molecule has 0 saturated heterocycles. The Hall–Kier alpha value is -1.84. The third-order valence-corrected chi connectivity index (χ3v) is 2.37. The van der Waals surface area contributed by atoms with Crippen molar-refractivity contribution in [3.8, 4) is 0 Å². The summed E-state index contributed by atoms with van der Waals surface area (Å²) < 4.78 is 0. The second-order valence-corrected chi connectivity index (χ2v) is 4.05. The van der Waals surface area contributed by atoms with E-state index in [4.69, 9.17) is 0 Å². The molecule has 1 N–H and O–H groups in total. The molecule has 0 fully saturated rings. The Labute approximate surface area is 102 Å². The molecule has 0 aliphatic heterocycles. The second kappa shape index (κ2) is 6.68. The lowest BCUT2D eigenvalue weighted by molar-refractivity contribution is -0.128. The van der Waals surface area contributed by atoms with Crippen molar-refractivity contribution < 1.29 is 9.59 Å². The van der Waals surface area contributed by atoms with Crippen LogP contribution in [0.5, 0.6) is 0 Å². The van der Waals surface area contributed by atoms with Gasteiger partial charge in [0.05, 0.1) is 6.42 Å². The normalized spacial score (nSPS) is 9.76. The number of carbonyl (C=O) groups excluding carboxylic acids is 2. The van der Waals surface area contributed by atoms with Crippen LogP contribution in [0.1, 0.15) is 12.0 Å². The van der Waals surface area contributed by atoms with E-state index in [-0.39, 0.29) is 11.8 Å². The molecule has 92 valence electrons. The standard InChI is InChI=1S/C13H18N2O2/c1-15(2)13(17)8-9-14-12(16)10-11-6-4-3-5-7-11/h3-7H,8-10H2,1-2H3,(H,14,16). The Bertz CT molecular complexity index is 374. The van der Waals surface area contributed by atoms with E-state index in [9.17, 15) is 9.59 Å². The zero-order valence-corrected chi connectivity index (χ0v) is 10.3. The highest BCUT2D eigenvalue weighted by Gasteiger charge is 2.06. The zero-order valence-electron chi connectivity index (χ0n) is 10.3. The molecular formula is C13H18N2O2.